The number of ether oxygens (including phenoxy) is 2. The minimum Gasteiger partial charge on any atom is -0.493 e. The Morgan fingerprint density at radius 2 is 1.83 bits per heavy atom. The summed E-state index contributed by atoms with van der Waals surface area (Å²) in [6, 6.07) is 9.96. The molecule has 0 saturated carbocycles. The molecule has 0 bridgehead atoms. The maximum atomic E-state index is 14.1. The summed E-state index contributed by atoms with van der Waals surface area (Å²) in [6.45, 7) is 0.219. The van der Waals surface area contributed by atoms with Gasteiger partial charge >= 0.3 is 0 Å². The number of aliphatic hydroxyl groups is 1. The van der Waals surface area contributed by atoms with Crippen LogP contribution in [-0.2, 0) is 6.54 Å². The molecule has 0 saturated heterocycles. The summed E-state index contributed by atoms with van der Waals surface area (Å²) in [5.74, 6) is 1.20. The van der Waals surface area contributed by atoms with E-state index < -0.39 is 0 Å². The third kappa shape index (κ3) is 2.61. The van der Waals surface area contributed by atoms with Gasteiger partial charge in [-0.05, 0) is 12.1 Å². The van der Waals surface area contributed by atoms with E-state index in [4.69, 9.17) is 9.47 Å². The zero-order chi connectivity index (χ0) is 16.4. The number of nitrogens with zero attached hydrogens (tertiary/aromatic N) is 2. The summed E-state index contributed by atoms with van der Waals surface area (Å²) in [5, 5.41) is 9.37. The molecule has 3 rings (SSSR count). The monoisotopic (exact) mass is 316 g/mol. The van der Waals surface area contributed by atoms with Crippen molar-refractivity contribution in [1.29, 1.82) is 0 Å². The molecule has 1 N–H and O–H groups in total. The molecule has 2 aromatic carbocycles. The van der Waals surface area contributed by atoms with Crippen LogP contribution in [-0.4, -0.2) is 35.5 Å². The molecule has 0 aliphatic heterocycles. The summed E-state index contributed by atoms with van der Waals surface area (Å²) >= 11 is 0. The Kier molecular flexibility index (Phi) is 4.16. The Morgan fingerprint density at radius 1 is 1.13 bits per heavy atom. The van der Waals surface area contributed by atoms with Gasteiger partial charge in [-0.3, -0.25) is 0 Å². The van der Waals surface area contributed by atoms with Crippen LogP contribution in [0, 0.1) is 5.82 Å². The van der Waals surface area contributed by atoms with E-state index in [9.17, 15) is 9.50 Å². The number of benzene rings is 2. The fourth-order valence-corrected chi connectivity index (χ4v) is 2.63. The minimum atomic E-state index is -0.360. The normalized spacial score (nSPS) is 11.0. The molecule has 0 amide bonds. The summed E-state index contributed by atoms with van der Waals surface area (Å²) in [5.41, 5.74) is 1.78. The van der Waals surface area contributed by atoms with Gasteiger partial charge in [0.05, 0.1) is 37.4 Å². The summed E-state index contributed by atoms with van der Waals surface area (Å²) < 4.78 is 26.5. The quantitative estimate of drug-likeness (QED) is 0.786. The van der Waals surface area contributed by atoms with Gasteiger partial charge in [0.15, 0.2) is 11.5 Å². The van der Waals surface area contributed by atoms with E-state index in [2.05, 4.69) is 4.98 Å². The van der Waals surface area contributed by atoms with Crippen molar-refractivity contribution in [2.75, 3.05) is 20.8 Å². The number of hydrogen-bond donors (Lipinski definition) is 1. The van der Waals surface area contributed by atoms with Gasteiger partial charge in [0.2, 0.25) is 0 Å². The molecule has 0 aliphatic rings. The molecule has 0 spiro atoms. The van der Waals surface area contributed by atoms with Crippen molar-refractivity contribution in [3.8, 4) is 22.9 Å². The molecule has 1 heterocycles. The molecule has 120 valence electrons. The Bertz CT molecular complexity index is 845. The van der Waals surface area contributed by atoms with Gasteiger partial charge in [0.1, 0.15) is 11.6 Å². The maximum Gasteiger partial charge on any atom is 0.163 e. The Balaban J connectivity index is 2.30. The van der Waals surface area contributed by atoms with Crippen molar-refractivity contribution in [2.45, 2.75) is 6.54 Å². The van der Waals surface area contributed by atoms with Crippen molar-refractivity contribution in [2.24, 2.45) is 0 Å². The molecule has 23 heavy (non-hydrogen) atoms. The second-order valence-electron chi connectivity index (χ2n) is 4.99. The number of rotatable bonds is 5. The largest absolute Gasteiger partial charge is 0.493 e. The number of halogens is 1. The van der Waals surface area contributed by atoms with Crippen LogP contribution < -0.4 is 9.47 Å². The lowest BCUT2D eigenvalue weighted by Crippen LogP contribution is -2.05. The summed E-state index contributed by atoms with van der Waals surface area (Å²) in [4.78, 5) is 4.52. The van der Waals surface area contributed by atoms with E-state index in [0.717, 1.165) is 5.52 Å². The Labute approximate surface area is 132 Å². The lowest BCUT2D eigenvalue weighted by molar-refractivity contribution is 0.278. The lowest BCUT2D eigenvalue weighted by atomic mass is 10.2. The summed E-state index contributed by atoms with van der Waals surface area (Å²) in [7, 11) is 3.10. The van der Waals surface area contributed by atoms with Gasteiger partial charge in [-0.1, -0.05) is 12.1 Å². The number of methoxy groups -OCH3 is 2. The van der Waals surface area contributed by atoms with Crippen LogP contribution >= 0.6 is 0 Å². The third-order valence-corrected chi connectivity index (χ3v) is 3.69. The van der Waals surface area contributed by atoms with Crippen LogP contribution in [0.25, 0.3) is 22.4 Å². The van der Waals surface area contributed by atoms with Gasteiger partial charge in [-0.15, -0.1) is 0 Å². The average molecular weight is 316 g/mol. The standard InChI is InChI=1S/C17H17FN2O3/c1-22-15-9-13-14(10-16(15)23-2)20(7-8-21)17(19-13)11-5-3-4-6-12(11)18/h3-6,9-10,21H,7-8H2,1-2H3. The van der Waals surface area contributed by atoms with Crippen molar-refractivity contribution in [3.05, 3.63) is 42.2 Å². The minimum absolute atomic E-state index is 0.0821. The van der Waals surface area contributed by atoms with Crippen molar-refractivity contribution >= 4 is 11.0 Å². The number of imidazole rings is 1. The first-order valence-electron chi connectivity index (χ1n) is 7.17. The smallest absolute Gasteiger partial charge is 0.163 e. The predicted molar refractivity (Wildman–Crippen MR) is 85.3 cm³/mol. The molecule has 0 radical (unpaired) electrons. The number of aromatic nitrogens is 2. The van der Waals surface area contributed by atoms with Crippen LogP contribution in [0.3, 0.4) is 0 Å². The molecule has 1 aromatic heterocycles. The number of aliphatic hydroxyl groups excluding tert-OH is 1. The lowest BCUT2D eigenvalue weighted by Gasteiger charge is -2.10. The Morgan fingerprint density at radius 3 is 2.48 bits per heavy atom. The van der Waals surface area contributed by atoms with Crippen LogP contribution in [0.2, 0.25) is 0 Å². The number of fused-ring (bicyclic) bond motifs is 1. The van der Waals surface area contributed by atoms with Crippen LogP contribution in [0.1, 0.15) is 0 Å². The van der Waals surface area contributed by atoms with Crippen LogP contribution in [0.4, 0.5) is 4.39 Å². The van der Waals surface area contributed by atoms with E-state index in [1.807, 2.05) is 0 Å². The topological polar surface area (TPSA) is 56.5 Å². The van der Waals surface area contributed by atoms with Crippen molar-refractivity contribution in [1.82, 2.24) is 9.55 Å². The first-order chi connectivity index (χ1) is 11.2. The predicted octanol–water partition coefficient (Wildman–Crippen LogP) is 2.85. The molecule has 5 nitrogen and oxygen atoms in total. The summed E-state index contributed by atoms with van der Waals surface area (Å²) in [6.07, 6.45) is 0. The van der Waals surface area contributed by atoms with Crippen LogP contribution in [0.5, 0.6) is 11.5 Å². The first-order valence-corrected chi connectivity index (χ1v) is 7.17. The highest BCUT2D eigenvalue weighted by atomic mass is 19.1. The SMILES string of the molecule is COc1cc2nc(-c3ccccc3F)n(CCO)c2cc1OC. The van der Waals surface area contributed by atoms with Gasteiger partial charge in [-0.2, -0.15) is 0 Å². The average Bonchev–Trinajstić information content (AvgIpc) is 2.92. The maximum absolute atomic E-state index is 14.1. The van der Waals surface area contributed by atoms with Gasteiger partial charge in [0.25, 0.3) is 0 Å². The highest BCUT2D eigenvalue weighted by Crippen LogP contribution is 2.34. The van der Waals surface area contributed by atoms with Gasteiger partial charge in [-0.25, -0.2) is 9.37 Å². The van der Waals surface area contributed by atoms with Crippen molar-refractivity contribution in [3.63, 3.8) is 0 Å². The number of hydrogen-bond acceptors (Lipinski definition) is 4. The fraction of sp³-hybridized carbons (Fsp3) is 0.235. The highest BCUT2D eigenvalue weighted by molar-refractivity contribution is 5.84. The molecular weight excluding hydrogens is 299 g/mol. The molecule has 0 atom stereocenters. The highest BCUT2D eigenvalue weighted by Gasteiger charge is 2.18. The van der Waals surface area contributed by atoms with E-state index in [1.165, 1.54) is 6.07 Å². The molecule has 0 unspecified atom stereocenters. The van der Waals surface area contributed by atoms with Gasteiger partial charge < -0.3 is 19.1 Å². The van der Waals surface area contributed by atoms with E-state index in [-0.39, 0.29) is 12.4 Å². The molecule has 0 aliphatic carbocycles. The van der Waals surface area contributed by atoms with E-state index >= 15 is 0 Å². The fourth-order valence-electron chi connectivity index (χ4n) is 2.63. The second-order valence-corrected chi connectivity index (χ2v) is 4.99. The van der Waals surface area contributed by atoms with Crippen LogP contribution in [0.15, 0.2) is 36.4 Å². The third-order valence-electron chi connectivity index (χ3n) is 3.69. The first kappa shape index (κ1) is 15.3. The van der Waals surface area contributed by atoms with E-state index in [0.29, 0.717) is 34.9 Å². The van der Waals surface area contributed by atoms with Gasteiger partial charge in [0, 0.05) is 18.7 Å². The molecule has 6 heteroatoms. The Hall–Kier alpha value is -2.60. The van der Waals surface area contributed by atoms with Crippen molar-refractivity contribution < 1.29 is 19.0 Å². The molecule has 3 aromatic rings. The zero-order valence-electron chi connectivity index (χ0n) is 12.9. The zero-order valence-corrected chi connectivity index (χ0v) is 12.9. The molecule has 0 fully saturated rings. The second kappa shape index (κ2) is 6.26. The molecular formula is C17H17FN2O3. The van der Waals surface area contributed by atoms with E-state index in [1.54, 1.807) is 49.1 Å².